The Morgan fingerprint density at radius 2 is 1.86 bits per heavy atom. The molecule has 0 aromatic heterocycles. The maximum atomic E-state index is 13.1. The topological polar surface area (TPSA) is 46.2 Å². The van der Waals surface area contributed by atoms with Crippen LogP contribution in [0.25, 0.3) is 0 Å². The van der Waals surface area contributed by atoms with Crippen molar-refractivity contribution in [1.82, 2.24) is 5.32 Å². The third-order valence-corrected chi connectivity index (χ3v) is 8.79. The predicted octanol–water partition coefficient (Wildman–Crippen LogP) is 5.22. The van der Waals surface area contributed by atoms with Crippen LogP contribution in [0.15, 0.2) is 23.8 Å². The van der Waals surface area contributed by atoms with Crippen LogP contribution >= 0.6 is 0 Å². The number of hydrogen-bond acceptors (Lipinski definition) is 2. The number of rotatable bonds is 1. The SMILES string of the molecule is C=C1C[C@@]2(C)C(=CC1=O)CCC1C2CC[C@@]2(C)C1CC[C@@H]2C(=O)NC(C)(C)C. The highest BCUT2D eigenvalue weighted by Gasteiger charge is 2.60. The van der Waals surface area contributed by atoms with Crippen LogP contribution in [0.1, 0.15) is 79.6 Å². The van der Waals surface area contributed by atoms with Crippen LogP contribution in [-0.4, -0.2) is 17.2 Å². The van der Waals surface area contributed by atoms with E-state index in [9.17, 15) is 9.59 Å². The van der Waals surface area contributed by atoms with Gasteiger partial charge in [-0.3, -0.25) is 9.59 Å². The van der Waals surface area contributed by atoms with Gasteiger partial charge in [-0.25, -0.2) is 0 Å². The summed E-state index contributed by atoms with van der Waals surface area (Å²) in [6.45, 7) is 15.1. The van der Waals surface area contributed by atoms with Crippen molar-refractivity contribution in [2.75, 3.05) is 0 Å². The van der Waals surface area contributed by atoms with Crippen LogP contribution in [0.2, 0.25) is 0 Å². The molecule has 3 nitrogen and oxygen atoms in total. The summed E-state index contributed by atoms with van der Waals surface area (Å²) in [5.41, 5.74) is 2.20. The Balaban J connectivity index is 1.60. The molecule has 4 aliphatic rings. The predicted molar refractivity (Wildman–Crippen MR) is 113 cm³/mol. The quantitative estimate of drug-likeness (QED) is 0.631. The van der Waals surface area contributed by atoms with Gasteiger partial charge >= 0.3 is 0 Å². The first-order valence-corrected chi connectivity index (χ1v) is 11.2. The fraction of sp³-hybridized carbons (Fsp3) is 0.760. The normalized spacial score (nSPS) is 43.0. The van der Waals surface area contributed by atoms with Crippen molar-refractivity contribution in [3.63, 3.8) is 0 Å². The van der Waals surface area contributed by atoms with Crippen molar-refractivity contribution in [2.24, 2.45) is 34.5 Å². The van der Waals surface area contributed by atoms with Gasteiger partial charge in [0.25, 0.3) is 0 Å². The van der Waals surface area contributed by atoms with E-state index in [1.165, 1.54) is 24.8 Å². The minimum absolute atomic E-state index is 0.0982. The molecule has 0 spiro atoms. The summed E-state index contributed by atoms with van der Waals surface area (Å²) in [7, 11) is 0. The van der Waals surface area contributed by atoms with Gasteiger partial charge in [-0.1, -0.05) is 26.0 Å². The van der Waals surface area contributed by atoms with Gasteiger partial charge in [0.2, 0.25) is 5.91 Å². The van der Waals surface area contributed by atoms with E-state index in [1.54, 1.807) is 0 Å². The Labute approximate surface area is 170 Å². The van der Waals surface area contributed by atoms with Crippen molar-refractivity contribution >= 4 is 11.7 Å². The monoisotopic (exact) mass is 383 g/mol. The number of ketones is 1. The third kappa shape index (κ3) is 2.92. The summed E-state index contributed by atoms with van der Waals surface area (Å²) in [5, 5.41) is 3.26. The van der Waals surface area contributed by atoms with Crippen molar-refractivity contribution in [3.05, 3.63) is 23.8 Å². The minimum Gasteiger partial charge on any atom is -0.351 e. The number of amides is 1. The van der Waals surface area contributed by atoms with Crippen LogP contribution in [0.5, 0.6) is 0 Å². The number of hydrogen-bond donors (Lipinski definition) is 1. The van der Waals surface area contributed by atoms with Gasteiger partial charge < -0.3 is 5.32 Å². The Morgan fingerprint density at radius 3 is 2.54 bits per heavy atom. The molecule has 4 rings (SSSR count). The highest BCUT2D eigenvalue weighted by Crippen LogP contribution is 2.66. The lowest BCUT2D eigenvalue weighted by atomic mass is 9.46. The first kappa shape index (κ1) is 19.9. The molecule has 0 aliphatic heterocycles. The van der Waals surface area contributed by atoms with Crippen molar-refractivity contribution in [3.8, 4) is 0 Å². The van der Waals surface area contributed by atoms with E-state index in [0.29, 0.717) is 17.8 Å². The van der Waals surface area contributed by atoms with Gasteiger partial charge in [0, 0.05) is 11.5 Å². The van der Waals surface area contributed by atoms with Crippen molar-refractivity contribution in [1.29, 1.82) is 0 Å². The average molecular weight is 384 g/mol. The molecule has 3 heteroatoms. The molecule has 1 amide bonds. The first-order chi connectivity index (χ1) is 13.0. The van der Waals surface area contributed by atoms with Gasteiger partial charge in [0.1, 0.15) is 0 Å². The molecule has 6 atom stereocenters. The van der Waals surface area contributed by atoms with Crippen LogP contribution in [0, 0.1) is 34.5 Å². The second-order valence-corrected chi connectivity index (χ2v) is 11.6. The number of carbonyl (C=O) groups is 2. The van der Waals surface area contributed by atoms with Crippen LogP contribution in [0.4, 0.5) is 0 Å². The molecule has 0 aromatic carbocycles. The molecule has 0 saturated heterocycles. The molecule has 0 radical (unpaired) electrons. The number of carbonyl (C=O) groups excluding carboxylic acids is 2. The molecule has 28 heavy (non-hydrogen) atoms. The molecule has 0 heterocycles. The fourth-order valence-corrected chi connectivity index (χ4v) is 7.49. The highest BCUT2D eigenvalue weighted by molar-refractivity contribution is 6.05. The van der Waals surface area contributed by atoms with Crippen LogP contribution in [-0.2, 0) is 9.59 Å². The minimum atomic E-state index is -0.171. The van der Waals surface area contributed by atoms with E-state index in [2.05, 4.69) is 46.5 Å². The zero-order valence-corrected chi connectivity index (χ0v) is 18.4. The molecule has 3 saturated carbocycles. The summed E-state index contributed by atoms with van der Waals surface area (Å²) >= 11 is 0. The van der Waals surface area contributed by atoms with E-state index in [0.717, 1.165) is 31.3 Å². The lowest BCUT2D eigenvalue weighted by Gasteiger charge is -2.58. The van der Waals surface area contributed by atoms with Gasteiger partial charge in [-0.2, -0.15) is 0 Å². The lowest BCUT2D eigenvalue weighted by Crippen LogP contribution is -2.53. The second kappa shape index (κ2) is 6.31. The van der Waals surface area contributed by atoms with E-state index in [1.807, 2.05) is 6.08 Å². The molecule has 1 N–H and O–H groups in total. The van der Waals surface area contributed by atoms with Gasteiger partial charge in [0.15, 0.2) is 5.78 Å². The molecule has 0 bridgehead atoms. The van der Waals surface area contributed by atoms with Crippen molar-refractivity contribution < 1.29 is 9.59 Å². The van der Waals surface area contributed by atoms with Crippen molar-refractivity contribution in [2.45, 2.75) is 85.1 Å². The van der Waals surface area contributed by atoms with E-state index in [-0.39, 0.29) is 34.0 Å². The summed E-state index contributed by atoms with van der Waals surface area (Å²) < 4.78 is 0. The third-order valence-electron chi connectivity index (χ3n) is 8.79. The molecule has 4 aliphatic carbocycles. The smallest absolute Gasteiger partial charge is 0.224 e. The van der Waals surface area contributed by atoms with E-state index >= 15 is 0 Å². The first-order valence-electron chi connectivity index (χ1n) is 11.2. The second-order valence-electron chi connectivity index (χ2n) is 11.6. The van der Waals surface area contributed by atoms with Gasteiger partial charge in [-0.15, -0.1) is 0 Å². The molecule has 3 unspecified atom stereocenters. The van der Waals surface area contributed by atoms with Crippen LogP contribution in [0.3, 0.4) is 0 Å². The van der Waals surface area contributed by atoms with Crippen LogP contribution < -0.4 is 5.32 Å². The Bertz CT molecular complexity index is 757. The zero-order chi connectivity index (χ0) is 20.5. The van der Waals surface area contributed by atoms with E-state index in [4.69, 9.17) is 0 Å². The van der Waals surface area contributed by atoms with E-state index < -0.39 is 0 Å². The zero-order valence-electron chi connectivity index (χ0n) is 18.4. The molecular formula is C25H37NO2. The van der Waals surface area contributed by atoms with Gasteiger partial charge in [-0.05, 0) is 106 Å². The fourth-order valence-electron chi connectivity index (χ4n) is 7.49. The van der Waals surface area contributed by atoms with Gasteiger partial charge in [0.05, 0.1) is 0 Å². The maximum absolute atomic E-state index is 13.1. The molecule has 154 valence electrons. The Morgan fingerprint density at radius 1 is 1.14 bits per heavy atom. The number of fused-ring (bicyclic) bond motifs is 5. The largest absolute Gasteiger partial charge is 0.351 e. The molecule has 3 fully saturated rings. The standard InChI is InChI=1S/C25H37NO2/c1-15-14-25(6)16(13-21(15)27)7-8-17-18-9-10-20(22(28)26-23(2,3)4)24(18,5)12-11-19(17)25/h13,17-20H,1,7-12,14H2,2-6H3,(H,26,28)/t17?,18?,19?,20-,24+,25+/m1/s1. The number of nitrogens with one attached hydrogen (secondary N) is 1. The number of allylic oxidation sites excluding steroid dienone is 2. The summed E-state index contributed by atoms with van der Waals surface area (Å²) in [6.07, 6.45) is 9.46. The highest BCUT2D eigenvalue weighted by atomic mass is 16.2. The molecular weight excluding hydrogens is 346 g/mol. The summed E-state index contributed by atoms with van der Waals surface area (Å²) in [5.74, 6) is 2.48. The molecule has 0 aromatic rings. The summed E-state index contributed by atoms with van der Waals surface area (Å²) in [4.78, 5) is 25.3. The Hall–Kier alpha value is -1.38. The Kier molecular flexibility index (Phi) is 4.49. The average Bonchev–Trinajstić information content (AvgIpc) is 2.92. The lowest BCUT2D eigenvalue weighted by molar-refractivity contribution is -0.133. The summed E-state index contributed by atoms with van der Waals surface area (Å²) in [6, 6.07) is 0. The maximum Gasteiger partial charge on any atom is 0.224 e.